The molecule has 2 heterocycles. The number of ether oxygens (including phenoxy) is 4. The van der Waals surface area contributed by atoms with Crippen LogP contribution in [0.15, 0.2) is 61.7 Å². The molecule has 0 aromatic heterocycles. The minimum absolute atomic E-state index is 0. The summed E-state index contributed by atoms with van der Waals surface area (Å²) in [6.07, 6.45) is 4.40. The minimum atomic E-state index is -0.792. The fraction of sp³-hybridized carbons (Fsp3) is 0.333. The van der Waals surface area contributed by atoms with Gasteiger partial charge in [-0.25, -0.2) is 19.2 Å². The maximum Gasteiger partial charge on any atom is 0.410 e. The summed E-state index contributed by atoms with van der Waals surface area (Å²) in [7, 11) is 2.75. The van der Waals surface area contributed by atoms with E-state index in [1.165, 1.54) is 37.5 Å². The van der Waals surface area contributed by atoms with Crippen LogP contribution in [-0.4, -0.2) is 68.9 Å². The molecule has 0 unspecified atom stereocenters. The summed E-state index contributed by atoms with van der Waals surface area (Å²) in [5.74, 6) is -0.641. The SMILES string of the molecule is C=CCOC(=O)Cl.C=CCOC(=O)N1CCc2ccc(C(=O)OC)cc2C1.COC(=O)c1ccc2c(c1)CNCC2.Cl. The Hall–Kier alpha value is -3.86. The van der Waals surface area contributed by atoms with E-state index in [9.17, 15) is 19.2 Å². The first kappa shape index (κ1) is 36.2. The van der Waals surface area contributed by atoms with Gasteiger partial charge in [-0.1, -0.05) is 37.4 Å². The van der Waals surface area contributed by atoms with Gasteiger partial charge < -0.3 is 29.2 Å². The van der Waals surface area contributed by atoms with Crippen molar-refractivity contribution in [3.05, 3.63) is 95.1 Å². The van der Waals surface area contributed by atoms with E-state index in [0.29, 0.717) is 24.2 Å². The number of rotatable bonds is 6. The van der Waals surface area contributed by atoms with E-state index < -0.39 is 5.43 Å². The van der Waals surface area contributed by atoms with Crippen molar-refractivity contribution in [2.45, 2.75) is 25.9 Å². The number of esters is 2. The molecule has 0 spiro atoms. The van der Waals surface area contributed by atoms with E-state index >= 15 is 0 Å². The summed E-state index contributed by atoms with van der Waals surface area (Å²) in [5.41, 5.74) is 4.97. The van der Waals surface area contributed by atoms with Gasteiger partial charge in [0.2, 0.25) is 0 Å². The van der Waals surface area contributed by atoms with Crippen LogP contribution in [0, 0.1) is 0 Å². The predicted molar refractivity (Wildman–Crippen MR) is 161 cm³/mol. The third kappa shape index (κ3) is 11.6. The number of nitrogens with one attached hydrogen (secondary N) is 1. The Morgan fingerprint density at radius 2 is 1.40 bits per heavy atom. The van der Waals surface area contributed by atoms with Crippen LogP contribution in [0.3, 0.4) is 0 Å². The van der Waals surface area contributed by atoms with Crippen LogP contribution in [0.2, 0.25) is 0 Å². The number of amides is 1. The highest BCUT2D eigenvalue weighted by molar-refractivity contribution is 6.61. The van der Waals surface area contributed by atoms with Gasteiger partial charge in [-0.2, -0.15) is 0 Å². The number of hydrogen-bond acceptors (Lipinski definition) is 9. The molecule has 2 aromatic carbocycles. The molecule has 0 saturated carbocycles. The summed E-state index contributed by atoms with van der Waals surface area (Å²) in [5, 5.41) is 3.27. The molecule has 0 radical (unpaired) electrons. The molecule has 0 bridgehead atoms. The van der Waals surface area contributed by atoms with Gasteiger partial charge in [-0.15, -0.1) is 12.4 Å². The zero-order valence-electron chi connectivity index (χ0n) is 23.7. The van der Waals surface area contributed by atoms with Gasteiger partial charge in [0.25, 0.3) is 0 Å². The van der Waals surface area contributed by atoms with Gasteiger partial charge in [-0.3, -0.25) is 0 Å². The van der Waals surface area contributed by atoms with Crippen molar-refractivity contribution in [1.29, 1.82) is 0 Å². The van der Waals surface area contributed by atoms with Crippen LogP contribution in [0.4, 0.5) is 9.59 Å². The van der Waals surface area contributed by atoms with Gasteiger partial charge in [0.05, 0.1) is 25.3 Å². The van der Waals surface area contributed by atoms with E-state index in [0.717, 1.165) is 37.1 Å². The Bertz CT molecular complexity index is 1250. The van der Waals surface area contributed by atoms with Gasteiger partial charge in [0, 0.05) is 31.2 Å². The van der Waals surface area contributed by atoms with Crippen molar-refractivity contribution in [2.24, 2.45) is 0 Å². The highest BCUT2D eigenvalue weighted by atomic mass is 35.5. The second-order valence-electron chi connectivity index (χ2n) is 8.75. The maximum absolute atomic E-state index is 11.8. The topological polar surface area (TPSA) is 120 Å². The lowest BCUT2D eigenvalue weighted by Gasteiger charge is -2.28. The number of carbonyl (C=O) groups is 4. The zero-order chi connectivity index (χ0) is 30.2. The van der Waals surface area contributed by atoms with Gasteiger partial charge in [-0.05, 0) is 65.9 Å². The standard InChI is InChI=1S/C15H17NO4.C11H13NO2.C4H5ClO2.ClH/c1-3-8-20-15(18)16-7-6-11-4-5-12(14(17)19-2)9-13(11)10-16;1-14-11(13)9-3-2-8-4-5-12-7-10(8)6-9;1-2-3-7-4(5)6;/h3-5,9H,1,6-8,10H2,2H3;2-3,6,12H,4-5,7H2,1H3;2H,1,3H2;1H. The van der Waals surface area contributed by atoms with Gasteiger partial charge in [0.1, 0.15) is 13.2 Å². The van der Waals surface area contributed by atoms with E-state index in [4.69, 9.17) is 21.1 Å². The number of halogens is 2. The molecule has 0 atom stereocenters. The fourth-order valence-electron chi connectivity index (χ4n) is 4.03. The number of carbonyl (C=O) groups excluding carboxylic acids is 4. The van der Waals surface area contributed by atoms with Gasteiger partial charge >= 0.3 is 23.5 Å². The molecule has 0 saturated heterocycles. The summed E-state index contributed by atoms with van der Waals surface area (Å²) >= 11 is 4.75. The molecule has 228 valence electrons. The molecule has 2 aromatic rings. The molecule has 0 aliphatic carbocycles. The van der Waals surface area contributed by atoms with Crippen LogP contribution in [0.5, 0.6) is 0 Å². The van der Waals surface area contributed by atoms with Crippen molar-refractivity contribution in [3.8, 4) is 0 Å². The first-order valence-electron chi connectivity index (χ1n) is 12.8. The second kappa shape index (κ2) is 19.3. The summed E-state index contributed by atoms with van der Waals surface area (Å²) in [6, 6.07) is 11.2. The van der Waals surface area contributed by atoms with Crippen LogP contribution in [0.1, 0.15) is 43.0 Å². The third-order valence-electron chi connectivity index (χ3n) is 6.05. The minimum Gasteiger partial charge on any atom is -0.465 e. The number of fused-ring (bicyclic) bond motifs is 2. The van der Waals surface area contributed by atoms with Crippen LogP contribution in [-0.2, 0) is 44.9 Å². The van der Waals surface area contributed by atoms with E-state index in [1.807, 2.05) is 24.3 Å². The Morgan fingerprint density at radius 1 is 0.857 bits per heavy atom. The fourth-order valence-corrected chi connectivity index (χ4v) is 4.09. The quantitative estimate of drug-likeness (QED) is 0.199. The maximum atomic E-state index is 11.8. The molecule has 42 heavy (non-hydrogen) atoms. The smallest absolute Gasteiger partial charge is 0.410 e. The van der Waals surface area contributed by atoms with Crippen molar-refractivity contribution in [1.82, 2.24) is 10.2 Å². The summed E-state index contributed by atoms with van der Waals surface area (Å²) in [4.78, 5) is 45.9. The largest absolute Gasteiger partial charge is 0.465 e. The molecular formula is C30H36Cl2N2O8. The van der Waals surface area contributed by atoms with E-state index in [-0.39, 0.29) is 43.7 Å². The first-order valence-corrected chi connectivity index (χ1v) is 13.2. The molecule has 12 heteroatoms. The van der Waals surface area contributed by atoms with E-state index in [2.05, 4.69) is 27.9 Å². The average molecular weight is 624 g/mol. The normalized spacial score (nSPS) is 12.5. The Labute approximate surface area is 257 Å². The molecule has 1 N–H and O–H groups in total. The highest BCUT2D eigenvalue weighted by Crippen LogP contribution is 2.21. The lowest BCUT2D eigenvalue weighted by Crippen LogP contribution is -2.36. The molecule has 4 rings (SSSR count). The monoisotopic (exact) mass is 622 g/mol. The Kier molecular flexibility index (Phi) is 16.6. The van der Waals surface area contributed by atoms with Crippen molar-refractivity contribution in [3.63, 3.8) is 0 Å². The second-order valence-corrected chi connectivity index (χ2v) is 9.06. The molecule has 2 aliphatic heterocycles. The highest BCUT2D eigenvalue weighted by Gasteiger charge is 2.22. The molecule has 2 aliphatic rings. The van der Waals surface area contributed by atoms with Gasteiger partial charge in [0.15, 0.2) is 0 Å². The predicted octanol–water partition coefficient (Wildman–Crippen LogP) is 5.24. The molecule has 0 fully saturated rings. The Morgan fingerprint density at radius 3 is 1.93 bits per heavy atom. The number of methoxy groups -OCH3 is 2. The number of nitrogens with zero attached hydrogens (tertiary/aromatic N) is 1. The number of benzene rings is 2. The molecule has 1 amide bonds. The van der Waals surface area contributed by atoms with Crippen molar-refractivity contribution >= 4 is 47.5 Å². The van der Waals surface area contributed by atoms with Crippen LogP contribution < -0.4 is 5.32 Å². The average Bonchev–Trinajstić information content (AvgIpc) is 3.01. The summed E-state index contributed by atoms with van der Waals surface area (Å²) < 4.78 is 18.6. The number of hydrogen-bond donors (Lipinski definition) is 1. The zero-order valence-corrected chi connectivity index (χ0v) is 25.3. The summed E-state index contributed by atoms with van der Waals surface area (Å²) in [6.45, 7) is 10.1. The van der Waals surface area contributed by atoms with Crippen LogP contribution >= 0.6 is 24.0 Å². The lowest BCUT2D eigenvalue weighted by atomic mass is 9.97. The molecular weight excluding hydrogens is 587 g/mol. The first-order chi connectivity index (χ1) is 19.7. The molecule has 10 nitrogen and oxygen atoms in total. The van der Waals surface area contributed by atoms with Crippen molar-refractivity contribution < 1.29 is 38.1 Å². The van der Waals surface area contributed by atoms with E-state index in [1.54, 1.807) is 17.0 Å². The van der Waals surface area contributed by atoms with Crippen molar-refractivity contribution in [2.75, 3.05) is 40.5 Å². The lowest BCUT2D eigenvalue weighted by molar-refractivity contribution is 0.0591. The Balaban J connectivity index is 0.000000349. The third-order valence-corrected chi connectivity index (χ3v) is 6.16. The van der Waals surface area contributed by atoms with Crippen LogP contribution in [0.25, 0.3) is 0 Å².